The monoisotopic (exact) mass is 625 g/mol. The van der Waals surface area contributed by atoms with Crippen molar-refractivity contribution in [1.29, 1.82) is 0 Å². The van der Waals surface area contributed by atoms with Gasteiger partial charge in [-0.1, -0.05) is 17.3 Å². The molecule has 1 aliphatic rings. The van der Waals surface area contributed by atoms with Crippen molar-refractivity contribution >= 4 is 26.7 Å². The van der Waals surface area contributed by atoms with Gasteiger partial charge in [0.05, 0.1) is 36.9 Å². The first kappa shape index (κ1) is 29.3. The molecule has 0 unspecified atom stereocenters. The number of hydrogen-bond donors (Lipinski definition) is 0. The summed E-state index contributed by atoms with van der Waals surface area (Å²) in [6.45, 7) is -0.0633. The summed E-state index contributed by atoms with van der Waals surface area (Å²) in [5.74, 6) is -3.47. The van der Waals surface area contributed by atoms with Gasteiger partial charge in [-0.05, 0) is 59.5 Å². The van der Waals surface area contributed by atoms with Crippen molar-refractivity contribution in [3.8, 4) is 17.2 Å². The van der Waals surface area contributed by atoms with E-state index in [4.69, 9.17) is 14.0 Å². The van der Waals surface area contributed by atoms with Gasteiger partial charge in [0.15, 0.2) is 5.82 Å². The van der Waals surface area contributed by atoms with E-state index in [0.717, 1.165) is 10.4 Å². The Morgan fingerprint density at radius 1 is 1.00 bits per heavy atom. The predicted molar refractivity (Wildman–Crippen MR) is 156 cm³/mol. The summed E-state index contributed by atoms with van der Waals surface area (Å²) >= 11 is 0. The molecule has 1 saturated carbocycles. The summed E-state index contributed by atoms with van der Waals surface area (Å²) in [5.41, 5.74) is 0.547. The molecule has 0 aliphatic heterocycles. The van der Waals surface area contributed by atoms with Gasteiger partial charge in [0, 0.05) is 36.4 Å². The quantitative estimate of drug-likeness (QED) is 0.197. The fraction of sp³-hybridized carbons (Fsp3) is 0.226. The van der Waals surface area contributed by atoms with E-state index in [1.165, 1.54) is 67.5 Å². The van der Waals surface area contributed by atoms with Crippen LogP contribution in [0.25, 0.3) is 16.6 Å². The van der Waals surface area contributed by atoms with Crippen LogP contribution in [0.1, 0.15) is 29.9 Å². The average molecular weight is 626 g/mol. The summed E-state index contributed by atoms with van der Waals surface area (Å²) in [7, 11) is -1.35. The summed E-state index contributed by atoms with van der Waals surface area (Å²) in [6.07, 6.45) is 0.322. The van der Waals surface area contributed by atoms with Crippen LogP contribution in [0.4, 0.5) is 19.0 Å². The Balaban J connectivity index is 1.41. The van der Waals surface area contributed by atoms with Crippen LogP contribution < -0.4 is 19.3 Å². The molecule has 0 atom stereocenters. The minimum atomic E-state index is -4.21. The van der Waals surface area contributed by atoms with Gasteiger partial charge in [0.25, 0.3) is 15.6 Å². The molecule has 6 rings (SSSR count). The summed E-state index contributed by atoms with van der Waals surface area (Å²) in [4.78, 5) is 13.0. The number of methoxy groups -OCH3 is 2. The smallest absolute Gasteiger partial charge is 0.265 e. The molecule has 0 bridgehead atoms. The number of nitrogens with zero attached hydrogens (tertiary/aromatic N) is 3. The number of benzene rings is 3. The van der Waals surface area contributed by atoms with Crippen LogP contribution in [-0.4, -0.2) is 38.3 Å². The van der Waals surface area contributed by atoms with Gasteiger partial charge in [-0.2, -0.15) is 0 Å². The van der Waals surface area contributed by atoms with Crippen molar-refractivity contribution in [2.24, 2.45) is 0 Å². The van der Waals surface area contributed by atoms with E-state index in [-0.39, 0.29) is 39.8 Å². The Kier molecular flexibility index (Phi) is 7.36. The Morgan fingerprint density at radius 3 is 2.39 bits per heavy atom. The lowest BCUT2D eigenvalue weighted by molar-refractivity contribution is -0.0873. The highest BCUT2D eigenvalue weighted by Gasteiger charge is 2.47. The molecule has 1 aliphatic carbocycles. The minimum absolute atomic E-state index is 0.0507. The lowest BCUT2D eigenvalue weighted by atomic mass is 9.76. The van der Waals surface area contributed by atoms with E-state index in [0.29, 0.717) is 16.7 Å². The van der Waals surface area contributed by atoms with Crippen LogP contribution in [0, 0.1) is 5.82 Å². The van der Waals surface area contributed by atoms with Crippen LogP contribution in [0.2, 0.25) is 0 Å². The Hall–Kier alpha value is -4.78. The number of fused-ring (bicyclic) bond motifs is 1. The molecule has 13 heteroatoms. The van der Waals surface area contributed by atoms with E-state index < -0.39 is 46.1 Å². The molecular formula is C31H26F3N3O6S. The molecule has 0 spiro atoms. The largest absolute Gasteiger partial charge is 0.497 e. The second kappa shape index (κ2) is 11.1. The Morgan fingerprint density at radius 2 is 1.75 bits per heavy atom. The number of hydrogen-bond acceptors (Lipinski definition) is 7. The number of ether oxygens (including phenoxy) is 2. The maximum absolute atomic E-state index is 15.3. The number of aromatic nitrogens is 2. The van der Waals surface area contributed by atoms with Gasteiger partial charge in [0.1, 0.15) is 23.6 Å². The normalized spacial score (nSPS) is 14.8. The fourth-order valence-electron chi connectivity index (χ4n) is 5.37. The number of anilines is 1. The average Bonchev–Trinajstić information content (AvgIpc) is 3.53. The number of rotatable bonds is 9. The minimum Gasteiger partial charge on any atom is -0.497 e. The predicted octanol–water partition coefficient (Wildman–Crippen LogP) is 6.04. The first-order chi connectivity index (χ1) is 21.0. The second-order valence-electron chi connectivity index (χ2n) is 10.5. The summed E-state index contributed by atoms with van der Waals surface area (Å²) in [6, 6.07) is 17.6. The van der Waals surface area contributed by atoms with Crippen LogP contribution in [0.3, 0.4) is 0 Å². The third-order valence-electron chi connectivity index (χ3n) is 7.69. The third kappa shape index (κ3) is 5.27. The number of alkyl halides is 2. The maximum atomic E-state index is 15.3. The fourth-order valence-corrected chi connectivity index (χ4v) is 6.80. The highest BCUT2D eigenvalue weighted by Crippen LogP contribution is 2.50. The van der Waals surface area contributed by atoms with E-state index in [1.807, 2.05) is 0 Å². The maximum Gasteiger partial charge on any atom is 0.265 e. The lowest BCUT2D eigenvalue weighted by Gasteiger charge is -2.35. The highest BCUT2D eigenvalue weighted by molar-refractivity contribution is 7.92. The molecular weight excluding hydrogens is 599 g/mol. The van der Waals surface area contributed by atoms with Gasteiger partial charge < -0.3 is 14.0 Å². The SMILES string of the molecule is COc1ccc(CN(c2ccon2)S(=O)(=O)c2ccc3c(ccc(=O)n3-c3cc(F)c(C4CC(F)(F)C4)cc3OC)c2)cc1. The lowest BCUT2D eigenvalue weighted by Crippen LogP contribution is -2.34. The highest BCUT2D eigenvalue weighted by atomic mass is 32.2. The second-order valence-corrected chi connectivity index (χ2v) is 12.3. The number of pyridine rings is 1. The first-order valence-corrected chi connectivity index (χ1v) is 14.9. The van der Waals surface area contributed by atoms with Crippen molar-refractivity contribution in [1.82, 2.24) is 9.72 Å². The van der Waals surface area contributed by atoms with E-state index in [9.17, 15) is 22.0 Å². The van der Waals surface area contributed by atoms with Gasteiger partial charge in [-0.25, -0.2) is 25.9 Å². The van der Waals surface area contributed by atoms with Gasteiger partial charge in [-0.3, -0.25) is 9.36 Å². The molecule has 2 aromatic heterocycles. The van der Waals surface area contributed by atoms with Crippen LogP contribution in [0.15, 0.2) is 93.3 Å². The topological polar surface area (TPSA) is 104 Å². The van der Waals surface area contributed by atoms with Crippen LogP contribution >= 0.6 is 0 Å². The zero-order valence-electron chi connectivity index (χ0n) is 23.5. The van der Waals surface area contributed by atoms with Crippen molar-refractivity contribution in [2.75, 3.05) is 18.5 Å². The molecule has 3 aromatic carbocycles. The molecule has 0 saturated heterocycles. The molecule has 1 fully saturated rings. The van der Waals surface area contributed by atoms with Gasteiger partial charge in [0.2, 0.25) is 5.92 Å². The van der Waals surface area contributed by atoms with Crippen LogP contribution in [0.5, 0.6) is 11.5 Å². The molecule has 228 valence electrons. The van der Waals surface area contributed by atoms with Gasteiger partial charge in [-0.15, -0.1) is 0 Å². The standard InChI is InChI=1S/C31H26F3N3O6S/c1-41-22-6-3-19(4-7-22)18-36(29-11-12-43-35-29)44(39,40)23-8-9-26-20(13-23)5-10-30(38)37(26)27-15-25(32)24(14-28(27)42-2)21-16-31(33,34)17-21/h3-15,21H,16-18H2,1-2H3. The van der Waals surface area contributed by atoms with E-state index in [2.05, 4.69) is 5.16 Å². The molecule has 9 nitrogen and oxygen atoms in total. The summed E-state index contributed by atoms with van der Waals surface area (Å²) in [5, 5.41) is 4.20. The van der Waals surface area contributed by atoms with Crippen molar-refractivity contribution in [3.05, 3.63) is 106 Å². The zero-order chi connectivity index (χ0) is 31.2. The molecule has 0 amide bonds. The third-order valence-corrected chi connectivity index (χ3v) is 9.43. The number of sulfonamides is 1. The molecule has 2 heterocycles. The van der Waals surface area contributed by atoms with Crippen molar-refractivity contribution in [2.45, 2.75) is 36.1 Å². The van der Waals surface area contributed by atoms with Crippen molar-refractivity contribution in [3.63, 3.8) is 0 Å². The Bertz CT molecular complexity index is 2000. The Labute approximate surface area is 250 Å². The van der Waals surface area contributed by atoms with E-state index in [1.54, 1.807) is 24.3 Å². The van der Waals surface area contributed by atoms with Crippen molar-refractivity contribution < 1.29 is 35.6 Å². The molecule has 0 radical (unpaired) electrons. The van der Waals surface area contributed by atoms with Crippen LogP contribution in [-0.2, 0) is 16.6 Å². The zero-order valence-corrected chi connectivity index (χ0v) is 24.4. The van der Waals surface area contributed by atoms with E-state index >= 15 is 4.39 Å². The molecule has 0 N–H and O–H groups in total. The first-order valence-electron chi connectivity index (χ1n) is 13.5. The van der Waals surface area contributed by atoms with Gasteiger partial charge >= 0.3 is 0 Å². The molecule has 5 aromatic rings. The number of halogens is 3. The molecule has 44 heavy (non-hydrogen) atoms. The summed E-state index contributed by atoms with van der Waals surface area (Å²) < 4.78 is 88.0.